The van der Waals surface area contributed by atoms with Crippen molar-refractivity contribution in [1.29, 1.82) is 0 Å². The van der Waals surface area contributed by atoms with E-state index < -0.39 is 9.70 Å². The van der Waals surface area contributed by atoms with E-state index in [1.54, 1.807) is 18.1 Å². The molecule has 0 radical (unpaired) electrons. The Morgan fingerprint density at radius 1 is 1.33 bits per heavy atom. The van der Waals surface area contributed by atoms with Crippen molar-refractivity contribution in [3.63, 3.8) is 0 Å². The predicted octanol–water partition coefficient (Wildman–Crippen LogP) is 3.42. The maximum atomic E-state index is 11.9. The normalized spacial score (nSPS) is 10.9. The lowest BCUT2D eigenvalue weighted by molar-refractivity contribution is -0.129. The van der Waals surface area contributed by atoms with E-state index in [-0.39, 0.29) is 0 Å². The lowest BCUT2D eigenvalue weighted by atomic mass is 10.3. The van der Waals surface area contributed by atoms with Gasteiger partial charge in [0.05, 0.1) is 12.2 Å². The topological polar surface area (TPSA) is 23.6 Å². The first kappa shape index (κ1) is 15.2. The van der Waals surface area contributed by atoms with Crippen LogP contribution < -0.4 is 5.01 Å². The summed E-state index contributed by atoms with van der Waals surface area (Å²) in [4.78, 5) is 11.9. The van der Waals surface area contributed by atoms with Crippen molar-refractivity contribution < 1.29 is 4.79 Å². The Kier molecular flexibility index (Phi) is 5.32. The van der Waals surface area contributed by atoms with Gasteiger partial charge in [-0.05, 0) is 12.1 Å². The molecule has 0 fully saturated rings. The zero-order chi connectivity index (χ0) is 13.8. The van der Waals surface area contributed by atoms with Gasteiger partial charge in [-0.2, -0.15) is 0 Å². The first-order valence-corrected chi connectivity index (χ1v) is 6.29. The molecule has 0 aliphatic heterocycles. The Hall–Kier alpha value is -0.900. The highest BCUT2D eigenvalue weighted by atomic mass is 35.6. The van der Waals surface area contributed by atoms with E-state index in [4.69, 9.17) is 34.8 Å². The molecule has 18 heavy (non-hydrogen) atoms. The molecule has 0 aliphatic rings. The van der Waals surface area contributed by atoms with Crippen molar-refractivity contribution >= 4 is 46.4 Å². The summed E-state index contributed by atoms with van der Waals surface area (Å²) < 4.78 is -1.98. The Morgan fingerprint density at radius 2 is 1.89 bits per heavy atom. The van der Waals surface area contributed by atoms with Gasteiger partial charge in [0.15, 0.2) is 0 Å². The second-order valence-electron chi connectivity index (χ2n) is 3.53. The quantitative estimate of drug-likeness (QED) is 0.483. The van der Waals surface area contributed by atoms with Crippen LogP contribution in [-0.4, -0.2) is 28.3 Å². The molecular weight excluding hydrogens is 295 g/mol. The maximum absolute atomic E-state index is 11.9. The average Bonchev–Trinajstić information content (AvgIpc) is 2.34. The Bertz CT molecular complexity index is 417. The monoisotopic (exact) mass is 306 g/mol. The predicted molar refractivity (Wildman–Crippen MR) is 77.0 cm³/mol. The largest absolute Gasteiger partial charge is 0.292 e. The van der Waals surface area contributed by atoms with Crippen LogP contribution in [-0.2, 0) is 4.79 Å². The van der Waals surface area contributed by atoms with Gasteiger partial charge in [-0.15, -0.1) is 6.58 Å². The molecule has 0 aliphatic carbocycles. The molecule has 98 valence electrons. The van der Waals surface area contributed by atoms with Gasteiger partial charge in [-0.1, -0.05) is 59.1 Å². The Balaban J connectivity index is 2.99. The molecule has 0 aromatic heterocycles. The molecule has 0 spiro atoms. The van der Waals surface area contributed by atoms with E-state index in [0.29, 0.717) is 6.54 Å². The van der Waals surface area contributed by atoms with Crippen LogP contribution in [0.1, 0.15) is 0 Å². The van der Waals surface area contributed by atoms with E-state index in [9.17, 15) is 4.79 Å². The van der Waals surface area contributed by atoms with Gasteiger partial charge in [0.1, 0.15) is 0 Å². The second kappa shape index (κ2) is 6.32. The minimum Gasteiger partial charge on any atom is -0.279 e. The summed E-state index contributed by atoms with van der Waals surface area (Å²) in [6.45, 7) is 4.07. The van der Waals surface area contributed by atoms with Gasteiger partial charge in [-0.25, -0.2) is 0 Å². The fourth-order valence-corrected chi connectivity index (χ4v) is 1.78. The first-order chi connectivity index (χ1) is 8.38. The van der Waals surface area contributed by atoms with Crippen LogP contribution in [0.2, 0.25) is 0 Å². The van der Waals surface area contributed by atoms with Crippen LogP contribution in [0.5, 0.6) is 0 Å². The van der Waals surface area contributed by atoms with E-state index in [0.717, 1.165) is 5.69 Å². The molecule has 0 heterocycles. The summed E-state index contributed by atoms with van der Waals surface area (Å²) >= 11 is 16.8. The molecule has 0 saturated carbocycles. The Morgan fingerprint density at radius 3 is 2.33 bits per heavy atom. The number of nitrogens with zero attached hydrogens (tertiary/aromatic N) is 2. The molecule has 0 bridgehead atoms. The number of anilines is 1. The average molecular weight is 308 g/mol. The summed E-state index contributed by atoms with van der Waals surface area (Å²) in [7, 11) is 1.54. The Labute approximate surface area is 121 Å². The van der Waals surface area contributed by atoms with Crippen molar-refractivity contribution in [1.82, 2.24) is 5.01 Å². The van der Waals surface area contributed by atoms with E-state index in [1.165, 1.54) is 5.01 Å². The summed E-state index contributed by atoms with van der Waals surface area (Å²) in [5.41, 5.74) is 0.808. The lowest BCUT2D eigenvalue weighted by Gasteiger charge is -2.34. The van der Waals surface area contributed by atoms with Crippen LogP contribution >= 0.6 is 34.8 Å². The fourth-order valence-electron chi connectivity index (χ4n) is 1.42. The SMILES string of the molecule is C=CCN(c1ccccc1)N(C)C(=O)C(Cl)(Cl)Cl. The van der Waals surface area contributed by atoms with E-state index in [1.807, 2.05) is 30.3 Å². The number of hydrazine groups is 1. The number of hydrogen-bond acceptors (Lipinski definition) is 2. The van der Waals surface area contributed by atoms with Gasteiger partial charge >= 0.3 is 0 Å². The number of hydrogen-bond donors (Lipinski definition) is 0. The second-order valence-corrected chi connectivity index (χ2v) is 5.81. The van der Waals surface area contributed by atoms with Gasteiger partial charge in [0.2, 0.25) is 0 Å². The van der Waals surface area contributed by atoms with Crippen molar-refractivity contribution in [2.24, 2.45) is 0 Å². The summed E-state index contributed by atoms with van der Waals surface area (Å²) in [5.74, 6) is -0.627. The highest BCUT2D eigenvalue weighted by Gasteiger charge is 2.35. The zero-order valence-corrected chi connectivity index (χ0v) is 12.1. The van der Waals surface area contributed by atoms with Gasteiger partial charge in [0.25, 0.3) is 9.70 Å². The fraction of sp³-hybridized carbons (Fsp3) is 0.250. The third-order valence-electron chi connectivity index (χ3n) is 2.25. The number of halogens is 3. The van der Waals surface area contributed by atoms with Crippen LogP contribution in [0, 0.1) is 0 Å². The van der Waals surface area contributed by atoms with Crippen LogP contribution in [0.3, 0.4) is 0 Å². The number of amides is 1. The number of carbonyl (C=O) groups is 1. The van der Waals surface area contributed by atoms with E-state index in [2.05, 4.69) is 6.58 Å². The van der Waals surface area contributed by atoms with Crippen molar-refractivity contribution in [2.75, 3.05) is 18.6 Å². The molecular formula is C12H13Cl3N2O. The summed E-state index contributed by atoms with van der Waals surface area (Å²) in [6.07, 6.45) is 1.66. The molecule has 0 atom stereocenters. The molecule has 0 unspecified atom stereocenters. The number of para-hydroxylation sites is 1. The van der Waals surface area contributed by atoms with Gasteiger partial charge in [-0.3, -0.25) is 14.8 Å². The highest BCUT2D eigenvalue weighted by molar-refractivity contribution is 6.76. The summed E-state index contributed by atoms with van der Waals surface area (Å²) in [6, 6.07) is 9.31. The molecule has 6 heteroatoms. The zero-order valence-electron chi connectivity index (χ0n) is 9.81. The minimum absolute atomic E-state index is 0.424. The smallest absolute Gasteiger partial charge is 0.279 e. The number of rotatable bonds is 4. The van der Waals surface area contributed by atoms with Crippen molar-refractivity contribution in [3.8, 4) is 0 Å². The molecule has 1 rings (SSSR count). The van der Waals surface area contributed by atoms with Crippen molar-refractivity contribution in [2.45, 2.75) is 3.79 Å². The third kappa shape index (κ3) is 3.80. The molecule has 1 aromatic carbocycles. The van der Waals surface area contributed by atoms with E-state index >= 15 is 0 Å². The standard InChI is InChI=1S/C12H13Cl3N2O/c1-3-9-17(10-7-5-4-6-8-10)16(2)11(18)12(13,14)15/h3-8H,1,9H2,2H3. The molecule has 3 nitrogen and oxygen atoms in total. The molecule has 1 amide bonds. The third-order valence-corrected chi connectivity index (χ3v) is 2.74. The van der Waals surface area contributed by atoms with Crippen LogP contribution in [0.15, 0.2) is 43.0 Å². The van der Waals surface area contributed by atoms with Crippen LogP contribution in [0.25, 0.3) is 0 Å². The number of benzene rings is 1. The van der Waals surface area contributed by atoms with Crippen LogP contribution in [0.4, 0.5) is 5.69 Å². The minimum atomic E-state index is -1.98. The molecule has 0 saturated heterocycles. The summed E-state index contributed by atoms with van der Waals surface area (Å²) in [5, 5.41) is 2.93. The number of alkyl halides is 3. The van der Waals surface area contributed by atoms with Crippen molar-refractivity contribution in [3.05, 3.63) is 43.0 Å². The van der Waals surface area contributed by atoms with Gasteiger partial charge in [0, 0.05) is 7.05 Å². The molecule has 0 N–H and O–H groups in total. The van der Waals surface area contributed by atoms with Gasteiger partial charge < -0.3 is 0 Å². The number of carbonyl (C=O) groups excluding carboxylic acids is 1. The lowest BCUT2D eigenvalue weighted by Crippen LogP contribution is -2.48. The first-order valence-electron chi connectivity index (χ1n) is 5.16. The highest BCUT2D eigenvalue weighted by Crippen LogP contribution is 2.29. The maximum Gasteiger partial charge on any atom is 0.292 e. The molecule has 1 aromatic rings.